The summed E-state index contributed by atoms with van der Waals surface area (Å²) in [6.07, 6.45) is 0. The molecule has 0 aromatic heterocycles. The summed E-state index contributed by atoms with van der Waals surface area (Å²) in [7, 11) is 0. The van der Waals surface area contributed by atoms with Crippen LogP contribution in [-0.4, -0.2) is 11.1 Å². The molecule has 0 fully saturated rings. The number of phenols is 1. The number of esters is 1. The molecule has 2 rings (SSSR count). The van der Waals surface area contributed by atoms with Gasteiger partial charge in [-0.25, -0.2) is 4.79 Å². The van der Waals surface area contributed by atoms with Gasteiger partial charge in [0.25, 0.3) is 0 Å². The van der Waals surface area contributed by atoms with E-state index in [2.05, 4.69) is 0 Å². The third-order valence-corrected chi connectivity index (χ3v) is 2.88. The second-order valence-electron chi connectivity index (χ2n) is 4.36. The Morgan fingerprint density at radius 1 is 1.30 bits per heavy atom. The van der Waals surface area contributed by atoms with Gasteiger partial charge in [-0.2, -0.15) is 5.26 Å². The molecule has 0 aliphatic rings. The number of aryl methyl sites for hydroxylation is 1. The smallest absolute Gasteiger partial charge is 0.342 e. The van der Waals surface area contributed by atoms with Crippen molar-refractivity contribution < 1.29 is 14.6 Å². The molecule has 4 nitrogen and oxygen atoms in total. The minimum absolute atomic E-state index is 0.0573. The Balaban J connectivity index is 2.09. The van der Waals surface area contributed by atoms with Crippen LogP contribution in [0.1, 0.15) is 27.0 Å². The minimum atomic E-state index is -0.589. The van der Waals surface area contributed by atoms with Crippen LogP contribution in [0.3, 0.4) is 0 Å². The lowest BCUT2D eigenvalue weighted by molar-refractivity contribution is 0.0469. The number of nitriles is 1. The molecule has 100 valence electrons. The SMILES string of the molecule is Cc1cccc(C(=O)OCc2cccc(C#N)c2)c1O. The van der Waals surface area contributed by atoms with E-state index in [0.29, 0.717) is 11.1 Å². The van der Waals surface area contributed by atoms with Gasteiger partial charge in [0, 0.05) is 0 Å². The molecule has 0 saturated heterocycles. The third kappa shape index (κ3) is 2.96. The van der Waals surface area contributed by atoms with Gasteiger partial charge in [0.05, 0.1) is 11.6 Å². The average molecular weight is 267 g/mol. The maximum atomic E-state index is 11.9. The van der Waals surface area contributed by atoms with E-state index in [1.54, 1.807) is 43.3 Å². The minimum Gasteiger partial charge on any atom is -0.507 e. The lowest BCUT2D eigenvalue weighted by atomic mass is 10.1. The van der Waals surface area contributed by atoms with Gasteiger partial charge in [-0.15, -0.1) is 0 Å². The van der Waals surface area contributed by atoms with E-state index in [9.17, 15) is 9.90 Å². The summed E-state index contributed by atoms with van der Waals surface area (Å²) in [4.78, 5) is 11.9. The van der Waals surface area contributed by atoms with E-state index in [1.165, 1.54) is 6.07 Å². The maximum absolute atomic E-state index is 11.9. The van der Waals surface area contributed by atoms with Gasteiger partial charge in [-0.05, 0) is 36.2 Å². The molecule has 0 heterocycles. The Hall–Kier alpha value is -2.80. The van der Waals surface area contributed by atoms with Crippen LogP contribution in [0.5, 0.6) is 5.75 Å². The molecule has 0 atom stereocenters. The Kier molecular flexibility index (Phi) is 4.02. The van der Waals surface area contributed by atoms with Crippen molar-refractivity contribution in [1.82, 2.24) is 0 Å². The highest BCUT2D eigenvalue weighted by molar-refractivity contribution is 5.92. The average Bonchev–Trinajstić information content (AvgIpc) is 2.48. The number of hydrogen-bond acceptors (Lipinski definition) is 4. The topological polar surface area (TPSA) is 70.3 Å². The van der Waals surface area contributed by atoms with Gasteiger partial charge < -0.3 is 9.84 Å². The van der Waals surface area contributed by atoms with Crippen molar-refractivity contribution in [2.75, 3.05) is 0 Å². The fraction of sp³-hybridized carbons (Fsp3) is 0.125. The first-order chi connectivity index (χ1) is 9.61. The summed E-state index contributed by atoms with van der Waals surface area (Å²) >= 11 is 0. The van der Waals surface area contributed by atoms with Crippen molar-refractivity contribution in [3.8, 4) is 11.8 Å². The van der Waals surface area contributed by atoms with Gasteiger partial charge in [-0.1, -0.05) is 24.3 Å². The van der Waals surface area contributed by atoms with Crippen LogP contribution < -0.4 is 0 Å². The maximum Gasteiger partial charge on any atom is 0.342 e. The third-order valence-electron chi connectivity index (χ3n) is 2.88. The van der Waals surface area contributed by atoms with E-state index in [-0.39, 0.29) is 17.9 Å². The fourth-order valence-electron chi connectivity index (χ4n) is 1.78. The summed E-state index contributed by atoms with van der Waals surface area (Å²) < 4.78 is 5.14. The van der Waals surface area contributed by atoms with Crippen LogP contribution >= 0.6 is 0 Å². The summed E-state index contributed by atoms with van der Waals surface area (Å²) in [6, 6.07) is 13.8. The van der Waals surface area contributed by atoms with Crippen LogP contribution in [0.15, 0.2) is 42.5 Å². The second-order valence-corrected chi connectivity index (χ2v) is 4.36. The number of aromatic hydroxyl groups is 1. The van der Waals surface area contributed by atoms with Gasteiger partial charge >= 0.3 is 5.97 Å². The number of phenolic OH excluding ortho intramolecular Hbond substituents is 1. The zero-order valence-electron chi connectivity index (χ0n) is 11.0. The highest BCUT2D eigenvalue weighted by atomic mass is 16.5. The van der Waals surface area contributed by atoms with Crippen LogP contribution in [-0.2, 0) is 11.3 Å². The predicted molar refractivity (Wildman–Crippen MR) is 73.1 cm³/mol. The number of carbonyl (C=O) groups excluding carboxylic acids is 1. The zero-order valence-corrected chi connectivity index (χ0v) is 11.0. The highest BCUT2D eigenvalue weighted by Crippen LogP contribution is 2.22. The molecule has 0 unspecified atom stereocenters. The number of nitrogens with zero attached hydrogens (tertiary/aromatic N) is 1. The van der Waals surface area contributed by atoms with Crippen molar-refractivity contribution in [2.45, 2.75) is 13.5 Å². The largest absolute Gasteiger partial charge is 0.507 e. The molecule has 2 aromatic rings. The molecule has 0 amide bonds. The van der Waals surface area contributed by atoms with Gasteiger partial charge in [0.2, 0.25) is 0 Å². The van der Waals surface area contributed by atoms with Crippen LogP contribution in [0.25, 0.3) is 0 Å². The lowest BCUT2D eigenvalue weighted by Gasteiger charge is -2.08. The van der Waals surface area contributed by atoms with Crippen molar-refractivity contribution >= 4 is 5.97 Å². The summed E-state index contributed by atoms with van der Waals surface area (Å²) in [6.45, 7) is 1.77. The Morgan fingerprint density at radius 3 is 2.80 bits per heavy atom. The van der Waals surface area contributed by atoms with E-state index >= 15 is 0 Å². The first-order valence-electron chi connectivity index (χ1n) is 6.06. The molecule has 1 N–H and O–H groups in total. The summed E-state index contributed by atoms with van der Waals surface area (Å²) in [5.74, 6) is -0.656. The number of para-hydroxylation sites is 1. The monoisotopic (exact) mass is 267 g/mol. The molecule has 0 bridgehead atoms. The molecule has 2 aromatic carbocycles. The van der Waals surface area contributed by atoms with Crippen molar-refractivity contribution in [3.63, 3.8) is 0 Å². The molecule has 0 aliphatic carbocycles. The van der Waals surface area contributed by atoms with Gasteiger partial charge in [0.1, 0.15) is 17.9 Å². The van der Waals surface area contributed by atoms with Crippen molar-refractivity contribution in [2.24, 2.45) is 0 Å². The Labute approximate surface area is 116 Å². The van der Waals surface area contributed by atoms with Crippen molar-refractivity contribution in [1.29, 1.82) is 5.26 Å². The summed E-state index contributed by atoms with van der Waals surface area (Å²) in [5, 5.41) is 18.6. The Morgan fingerprint density at radius 2 is 2.05 bits per heavy atom. The highest BCUT2D eigenvalue weighted by Gasteiger charge is 2.13. The number of rotatable bonds is 3. The molecular weight excluding hydrogens is 254 g/mol. The molecule has 0 spiro atoms. The molecule has 4 heteroatoms. The van der Waals surface area contributed by atoms with Gasteiger partial charge in [-0.3, -0.25) is 0 Å². The second kappa shape index (κ2) is 5.89. The number of ether oxygens (including phenoxy) is 1. The zero-order chi connectivity index (χ0) is 14.5. The van der Waals surface area contributed by atoms with E-state index in [1.807, 2.05) is 6.07 Å². The normalized spacial score (nSPS) is 9.80. The molecule has 0 radical (unpaired) electrons. The van der Waals surface area contributed by atoms with Gasteiger partial charge in [0.15, 0.2) is 0 Å². The molecule has 20 heavy (non-hydrogen) atoms. The standard InChI is InChI=1S/C16H13NO3/c1-11-4-2-7-14(15(11)18)16(19)20-10-13-6-3-5-12(8-13)9-17/h2-8,18H,10H2,1H3. The molecule has 0 saturated carbocycles. The first-order valence-corrected chi connectivity index (χ1v) is 6.06. The fourth-order valence-corrected chi connectivity index (χ4v) is 1.78. The van der Waals surface area contributed by atoms with Crippen molar-refractivity contribution in [3.05, 3.63) is 64.7 Å². The lowest BCUT2D eigenvalue weighted by Crippen LogP contribution is -2.06. The number of hydrogen-bond donors (Lipinski definition) is 1. The quantitative estimate of drug-likeness (QED) is 0.868. The first kappa shape index (κ1) is 13.6. The van der Waals surface area contributed by atoms with E-state index < -0.39 is 5.97 Å². The van der Waals surface area contributed by atoms with E-state index in [4.69, 9.17) is 10.00 Å². The summed E-state index contributed by atoms with van der Waals surface area (Å²) in [5.41, 5.74) is 1.99. The van der Waals surface area contributed by atoms with Crippen LogP contribution in [0.4, 0.5) is 0 Å². The van der Waals surface area contributed by atoms with Crippen LogP contribution in [0.2, 0.25) is 0 Å². The van der Waals surface area contributed by atoms with E-state index in [0.717, 1.165) is 5.56 Å². The molecule has 0 aliphatic heterocycles. The molecular formula is C16H13NO3. The number of benzene rings is 2. The Bertz CT molecular complexity index is 686. The number of carbonyl (C=O) groups is 1. The van der Waals surface area contributed by atoms with Crippen LogP contribution in [0, 0.1) is 18.3 Å². The predicted octanol–water partition coefficient (Wildman–Crippen LogP) is 2.93.